The summed E-state index contributed by atoms with van der Waals surface area (Å²) in [6, 6.07) is 0. The Morgan fingerprint density at radius 1 is 1.26 bits per heavy atom. The van der Waals surface area contributed by atoms with Gasteiger partial charge in [0.15, 0.2) is 0 Å². The first-order valence-corrected chi connectivity index (χ1v) is 6.92. The number of carbonyl (C=O) groups excluding carboxylic acids is 1. The summed E-state index contributed by atoms with van der Waals surface area (Å²) < 4.78 is 5.36. The molecule has 0 atom stereocenters. The Hall–Kier alpha value is -1.26. The fraction of sp³-hybridized carbons (Fsp3) is 0.857. The molecule has 0 aromatic heterocycles. The number of carbonyl (C=O) groups is 2. The zero-order valence-electron chi connectivity index (χ0n) is 12.4. The fourth-order valence-corrected chi connectivity index (χ4v) is 2.73. The second kappa shape index (κ2) is 5.80. The molecule has 0 bridgehead atoms. The van der Waals surface area contributed by atoms with E-state index >= 15 is 0 Å². The maximum Gasteiger partial charge on any atom is 0.411 e. The molecule has 1 amide bonds. The van der Waals surface area contributed by atoms with Crippen LogP contribution in [0.15, 0.2) is 0 Å². The standard InChI is InChI=1S/C14H25NO4/c1-5-14(8-6-7-9-14)15(10-11(16)17)12(18)19-13(2,3)4/h5-10H2,1-4H3,(H,16,17). The van der Waals surface area contributed by atoms with E-state index in [2.05, 4.69) is 0 Å². The minimum atomic E-state index is -0.995. The van der Waals surface area contributed by atoms with Crippen LogP contribution in [0.2, 0.25) is 0 Å². The van der Waals surface area contributed by atoms with Gasteiger partial charge in [0.2, 0.25) is 0 Å². The van der Waals surface area contributed by atoms with E-state index in [0.29, 0.717) is 0 Å². The number of carboxylic acids is 1. The predicted molar refractivity (Wildman–Crippen MR) is 72.1 cm³/mol. The average molecular weight is 271 g/mol. The summed E-state index contributed by atoms with van der Waals surface area (Å²) in [6.07, 6.45) is 4.03. The molecule has 0 aromatic rings. The molecule has 1 N–H and O–H groups in total. The van der Waals surface area contributed by atoms with Gasteiger partial charge in [0.25, 0.3) is 0 Å². The van der Waals surface area contributed by atoms with Crippen molar-refractivity contribution < 1.29 is 19.4 Å². The Balaban J connectivity index is 2.93. The second-order valence-electron chi connectivity index (χ2n) is 6.25. The van der Waals surface area contributed by atoms with Gasteiger partial charge in [-0.25, -0.2) is 4.79 Å². The van der Waals surface area contributed by atoms with Crippen LogP contribution >= 0.6 is 0 Å². The van der Waals surface area contributed by atoms with E-state index in [1.165, 1.54) is 4.90 Å². The molecular weight excluding hydrogens is 246 g/mol. The summed E-state index contributed by atoms with van der Waals surface area (Å²) >= 11 is 0. The summed E-state index contributed by atoms with van der Waals surface area (Å²) in [4.78, 5) is 24.8. The molecule has 110 valence electrons. The Kier molecular flexibility index (Phi) is 4.82. The van der Waals surface area contributed by atoms with Crippen molar-refractivity contribution in [1.29, 1.82) is 0 Å². The van der Waals surface area contributed by atoms with Crippen LogP contribution in [0.25, 0.3) is 0 Å². The van der Waals surface area contributed by atoms with E-state index in [9.17, 15) is 9.59 Å². The minimum absolute atomic E-state index is 0.289. The molecule has 5 nitrogen and oxygen atoms in total. The lowest BCUT2D eigenvalue weighted by atomic mass is 9.92. The molecule has 0 unspecified atom stereocenters. The summed E-state index contributed by atoms with van der Waals surface area (Å²) in [6.45, 7) is 7.08. The van der Waals surface area contributed by atoms with E-state index in [1.807, 2.05) is 6.92 Å². The molecule has 1 aliphatic rings. The van der Waals surface area contributed by atoms with Crippen molar-refractivity contribution in [3.63, 3.8) is 0 Å². The molecule has 5 heteroatoms. The van der Waals surface area contributed by atoms with Gasteiger partial charge in [0.1, 0.15) is 12.1 Å². The van der Waals surface area contributed by atoms with Gasteiger partial charge >= 0.3 is 12.1 Å². The van der Waals surface area contributed by atoms with Crippen molar-refractivity contribution in [3.05, 3.63) is 0 Å². The van der Waals surface area contributed by atoms with E-state index in [-0.39, 0.29) is 12.1 Å². The van der Waals surface area contributed by atoms with E-state index < -0.39 is 17.7 Å². The van der Waals surface area contributed by atoms with E-state index in [4.69, 9.17) is 9.84 Å². The molecular formula is C14H25NO4. The molecule has 1 saturated carbocycles. The van der Waals surface area contributed by atoms with Crippen LogP contribution < -0.4 is 0 Å². The van der Waals surface area contributed by atoms with Gasteiger partial charge < -0.3 is 9.84 Å². The lowest BCUT2D eigenvalue weighted by molar-refractivity contribution is -0.140. The molecule has 0 aliphatic heterocycles. The highest BCUT2D eigenvalue weighted by Crippen LogP contribution is 2.38. The first-order valence-electron chi connectivity index (χ1n) is 6.92. The number of hydrogen-bond acceptors (Lipinski definition) is 3. The van der Waals surface area contributed by atoms with Gasteiger partial charge in [-0.15, -0.1) is 0 Å². The highest BCUT2D eigenvalue weighted by Gasteiger charge is 2.43. The van der Waals surface area contributed by atoms with Crippen LogP contribution in [0.4, 0.5) is 4.79 Å². The van der Waals surface area contributed by atoms with Crippen molar-refractivity contribution in [3.8, 4) is 0 Å². The van der Waals surface area contributed by atoms with Crippen molar-refractivity contribution in [2.75, 3.05) is 6.54 Å². The fourth-order valence-electron chi connectivity index (χ4n) is 2.73. The number of carboxylic acid groups (broad SMARTS) is 1. The third-order valence-corrected chi connectivity index (χ3v) is 3.67. The number of ether oxygens (including phenoxy) is 1. The minimum Gasteiger partial charge on any atom is -0.480 e. The summed E-state index contributed by atoms with van der Waals surface area (Å²) in [5.74, 6) is -0.995. The lowest BCUT2D eigenvalue weighted by Crippen LogP contribution is -2.53. The number of hydrogen-bond donors (Lipinski definition) is 1. The van der Waals surface area contributed by atoms with Crippen LogP contribution in [0.1, 0.15) is 59.8 Å². The zero-order valence-corrected chi connectivity index (χ0v) is 12.4. The quantitative estimate of drug-likeness (QED) is 0.853. The van der Waals surface area contributed by atoms with Gasteiger partial charge in [0.05, 0.1) is 0 Å². The molecule has 1 fully saturated rings. The Labute approximate surface area is 114 Å². The summed E-state index contributed by atoms with van der Waals surface area (Å²) in [5.41, 5.74) is -0.956. The van der Waals surface area contributed by atoms with Gasteiger partial charge in [-0.2, -0.15) is 0 Å². The van der Waals surface area contributed by atoms with E-state index in [1.54, 1.807) is 20.8 Å². The summed E-state index contributed by atoms with van der Waals surface area (Å²) in [7, 11) is 0. The van der Waals surface area contributed by atoms with Crippen LogP contribution in [0, 0.1) is 0 Å². The number of nitrogens with zero attached hydrogens (tertiary/aromatic N) is 1. The smallest absolute Gasteiger partial charge is 0.411 e. The van der Waals surface area contributed by atoms with Crippen molar-refractivity contribution in [2.24, 2.45) is 0 Å². The van der Waals surface area contributed by atoms with Gasteiger partial charge in [-0.05, 0) is 40.0 Å². The van der Waals surface area contributed by atoms with Gasteiger partial charge in [-0.3, -0.25) is 9.69 Å². The van der Waals surface area contributed by atoms with Crippen LogP contribution in [-0.4, -0.2) is 39.8 Å². The lowest BCUT2D eigenvalue weighted by Gasteiger charge is -2.40. The molecule has 1 aliphatic carbocycles. The third-order valence-electron chi connectivity index (χ3n) is 3.67. The molecule has 0 aromatic carbocycles. The maximum absolute atomic E-state index is 12.3. The number of rotatable bonds is 4. The number of aliphatic carboxylic acids is 1. The zero-order chi connectivity index (χ0) is 14.7. The van der Waals surface area contributed by atoms with Crippen molar-refractivity contribution in [2.45, 2.75) is 70.9 Å². The predicted octanol–water partition coefficient (Wildman–Crippen LogP) is 3.03. The average Bonchev–Trinajstić information content (AvgIpc) is 2.72. The molecule has 0 radical (unpaired) electrons. The highest BCUT2D eigenvalue weighted by atomic mass is 16.6. The van der Waals surface area contributed by atoms with Gasteiger partial charge in [-0.1, -0.05) is 19.8 Å². The maximum atomic E-state index is 12.3. The van der Waals surface area contributed by atoms with Crippen molar-refractivity contribution in [1.82, 2.24) is 4.90 Å². The summed E-state index contributed by atoms with van der Waals surface area (Å²) in [5, 5.41) is 9.05. The molecule has 1 rings (SSSR count). The molecule has 0 spiro atoms. The Bertz CT molecular complexity index is 340. The molecule has 0 heterocycles. The first kappa shape index (κ1) is 15.8. The van der Waals surface area contributed by atoms with Crippen LogP contribution in [-0.2, 0) is 9.53 Å². The topological polar surface area (TPSA) is 66.8 Å². The monoisotopic (exact) mass is 271 g/mol. The molecule has 19 heavy (non-hydrogen) atoms. The molecule has 0 saturated heterocycles. The third kappa shape index (κ3) is 4.11. The Morgan fingerprint density at radius 3 is 2.16 bits per heavy atom. The van der Waals surface area contributed by atoms with Gasteiger partial charge in [0, 0.05) is 5.54 Å². The normalized spacial score (nSPS) is 18.1. The van der Waals surface area contributed by atoms with Crippen LogP contribution in [0.3, 0.4) is 0 Å². The Morgan fingerprint density at radius 2 is 1.79 bits per heavy atom. The van der Waals surface area contributed by atoms with Crippen LogP contribution in [0.5, 0.6) is 0 Å². The van der Waals surface area contributed by atoms with E-state index in [0.717, 1.165) is 32.1 Å². The van der Waals surface area contributed by atoms with Crippen molar-refractivity contribution >= 4 is 12.1 Å². The second-order valence-corrected chi connectivity index (χ2v) is 6.25. The highest BCUT2D eigenvalue weighted by molar-refractivity contribution is 5.77. The SMILES string of the molecule is CCC1(N(CC(=O)O)C(=O)OC(C)(C)C)CCCC1. The number of amides is 1. The largest absolute Gasteiger partial charge is 0.480 e. The first-order chi connectivity index (χ1) is 8.70.